The van der Waals surface area contributed by atoms with E-state index in [9.17, 15) is 8.42 Å². The second-order valence-corrected chi connectivity index (χ2v) is 10.5. The molecule has 0 amide bonds. The van der Waals surface area contributed by atoms with E-state index in [1.54, 1.807) is 18.2 Å². The molecule has 5 nitrogen and oxygen atoms in total. The van der Waals surface area contributed by atoms with Crippen molar-refractivity contribution in [2.45, 2.75) is 68.7 Å². The topological polar surface area (TPSA) is 75.4 Å². The van der Waals surface area contributed by atoms with Crippen molar-refractivity contribution in [3.8, 4) is 0 Å². The van der Waals surface area contributed by atoms with Crippen LogP contribution in [-0.4, -0.2) is 45.2 Å². The maximum atomic E-state index is 11.6. The number of nitrogen functional groups attached to an aromatic ring is 1. The van der Waals surface area contributed by atoms with E-state index in [0.29, 0.717) is 11.7 Å². The van der Waals surface area contributed by atoms with E-state index in [4.69, 9.17) is 5.73 Å². The van der Waals surface area contributed by atoms with Crippen LogP contribution < -0.4 is 11.1 Å². The van der Waals surface area contributed by atoms with Gasteiger partial charge in [-0.15, -0.1) is 0 Å². The molecule has 1 aliphatic heterocycles. The Labute approximate surface area is 164 Å². The summed E-state index contributed by atoms with van der Waals surface area (Å²) in [5.41, 5.74) is 7.43. The second kappa shape index (κ2) is 9.28. The fourth-order valence-corrected chi connectivity index (χ4v) is 5.13. The van der Waals surface area contributed by atoms with Gasteiger partial charge in [0, 0.05) is 31.9 Å². The molecular formula is C21H35N3O2S. The standard InChI is InChI=1S/C21H35N3O2S/c1-27(25,26)19-9-10-21(20(22)15-19)23-18-11-13-24(14-12-18)16-17-7-5-3-2-4-6-8-17/h9-10,15,17-18,23H,2-8,11-14,16,22H2,1H3. The zero-order chi connectivity index (χ0) is 19.3. The molecule has 0 spiro atoms. The van der Waals surface area contributed by atoms with Crippen LogP contribution in [0.2, 0.25) is 0 Å². The lowest BCUT2D eigenvalue weighted by molar-refractivity contribution is 0.173. The van der Waals surface area contributed by atoms with Gasteiger partial charge in [0.1, 0.15) is 0 Å². The average molecular weight is 394 g/mol. The monoisotopic (exact) mass is 393 g/mol. The van der Waals surface area contributed by atoms with Crippen molar-refractivity contribution in [2.75, 3.05) is 36.9 Å². The molecule has 2 fully saturated rings. The summed E-state index contributed by atoms with van der Waals surface area (Å²) >= 11 is 0. The van der Waals surface area contributed by atoms with E-state index in [2.05, 4.69) is 10.2 Å². The van der Waals surface area contributed by atoms with E-state index < -0.39 is 9.84 Å². The largest absolute Gasteiger partial charge is 0.397 e. The lowest BCUT2D eigenvalue weighted by Gasteiger charge is -2.35. The molecule has 0 bridgehead atoms. The molecular weight excluding hydrogens is 358 g/mol. The van der Waals surface area contributed by atoms with Crippen LogP contribution in [-0.2, 0) is 9.84 Å². The molecule has 2 aliphatic rings. The lowest BCUT2D eigenvalue weighted by Crippen LogP contribution is -2.41. The maximum Gasteiger partial charge on any atom is 0.175 e. The number of nitrogens with two attached hydrogens (primary N) is 1. The van der Waals surface area contributed by atoms with E-state index in [1.165, 1.54) is 57.7 Å². The molecule has 3 N–H and O–H groups in total. The van der Waals surface area contributed by atoms with Gasteiger partial charge in [-0.3, -0.25) is 0 Å². The van der Waals surface area contributed by atoms with Crippen LogP contribution in [0.5, 0.6) is 0 Å². The fraction of sp³-hybridized carbons (Fsp3) is 0.714. The second-order valence-electron chi connectivity index (χ2n) is 8.45. The molecule has 1 aromatic rings. The zero-order valence-electron chi connectivity index (χ0n) is 16.6. The number of benzene rings is 1. The minimum absolute atomic E-state index is 0.277. The van der Waals surface area contributed by atoms with Gasteiger partial charge >= 0.3 is 0 Å². The molecule has 1 aliphatic carbocycles. The molecule has 0 atom stereocenters. The Balaban J connectivity index is 1.48. The van der Waals surface area contributed by atoms with E-state index in [-0.39, 0.29) is 4.90 Å². The molecule has 1 saturated heterocycles. The molecule has 3 rings (SSSR count). The third kappa shape index (κ3) is 6.11. The lowest BCUT2D eigenvalue weighted by atomic mass is 9.90. The minimum atomic E-state index is -3.22. The molecule has 1 aromatic carbocycles. The summed E-state index contributed by atoms with van der Waals surface area (Å²) in [4.78, 5) is 2.92. The van der Waals surface area contributed by atoms with Gasteiger partial charge in [-0.1, -0.05) is 32.1 Å². The molecule has 0 unspecified atom stereocenters. The summed E-state index contributed by atoms with van der Waals surface area (Å²) in [6.07, 6.45) is 13.3. The predicted molar refractivity (Wildman–Crippen MR) is 113 cm³/mol. The Kier molecular flexibility index (Phi) is 7.04. The first-order chi connectivity index (χ1) is 12.9. The molecule has 1 saturated carbocycles. The van der Waals surface area contributed by atoms with Crippen LogP contribution in [0.1, 0.15) is 57.8 Å². The molecule has 152 valence electrons. The first-order valence-electron chi connectivity index (χ1n) is 10.5. The Bertz CT molecular complexity index is 704. The number of likely N-dealkylation sites (tertiary alicyclic amines) is 1. The van der Waals surface area contributed by atoms with Crippen LogP contribution >= 0.6 is 0 Å². The SMILES string of the molecule is CS(=O)(=O)c1ccc(NC2CCN(CC3CCCCCCC3)CC2)c(N)c1. The van der Waals surface area contributed by atoms with Gasteiger partial charge < -0.3 is 16.0 Å². The average Bonchev–Trinajstić information content (AvgIpc) is 2.59. The van der Waals surface area contributed by atoms with Gasteiger partial charge in [0.2, 0.25) is 0 Å². The third-order valence-corrected chi connectivity index (χ3v) is 7.25. The Morgan fingerprint density at radius 2 is 1.67 bits per heavy atom. The first-order valence-corrected chi connectivity index (χ1v) is 12.4. The van der Waals surface area contributed by atoms with Gasteiger partial charge in [0.25, 0.3) is 0 Å². The molecule has 1 heterocycles. The van der Waals surface area contributed by atoms with Gasteiger partial charge in [-0.2, -0.15) is 0 Å². The van der Waals surface area contributed by atoms with Crippen LogP contribution in [0.3, 0.4) is 0 Å². The zero-order valence-corrected chi connectivity index (χ0v) is 17.4. The van der Waals surface area contributed by atoms with E-state index >= 15 is 0 Å². The van der Waals surface area contributed by atoms with Gasteiger partial charge in [-0.05, 0) is 49.8 Å². The fourth-order valence-electron chi connectivity index (χ4n) is 4.47. The molecule has 0 radical (unpaired) electrons. The Morgan fingerprint density at radius 3 is 2.26 bits per heavy atom. The number of rotatable bonds is 5. The van der Waals surface area contributed by atoms with Crippen LogP contribution in [0.25, 0.3) is 0 Å². The van der Waals surface area contributed by atoms with Gasteiger partial charge in [-0.25, -0.2) is 8.42 Å². The van der Waals surface area contributed by atoms with Crippen molar-refractivity contribution in [2.24, 2.45) is 5.92 Å². The highest BCUT2D eigenvalue weighted by Gasteiger charge is 2.22. The number of piperidine rings is 1. The molecule has 27 heavy (non-hydrogen) atoms. The highest BCUT2D eigenvalue weighted by atomic mass is 32.2. The number of hydrogen-bond acceptors (Lipinski definition) is 5. The summed E-state index contributed by atoms with van der Waals surface area (Å²) in [5, 5.41) is 3.52. The van der Waals surface area contributed by atoms with Crippen molar-refractivity contribution in [1.82, 2.24) is 4.90 Å². The summed E-state index contributed by atoms with van der Waals surface area (Å²) in [7, 11) is -3.22. The summed E-state index contributed by atoms with van der Waals surface area (Å²) in [6, 6.07) is 5.40. The van der Waals surface area contributed by atoms with Crippen LogP contribution in [0.15, 0.2) is 23.1 Å². The number of nitrogens with zero attached hydrogens (tertiary/aromatic N) is 1. The van der Waals surface area contributed by atoms with Gasteiger partial charge in [0.15, 0.2) is 9.84 Å². The summed E-state index contributed by atoms with van der Waals surface area (Å²) in [6.45, 7) is 3.53. The van der Waals surface area contributed by atoms with Gasteiger partial charge in [0.05, 0.1) is 16.3 Å². The third-order valence-electron chi connectivity index (χ3n) is 6.14. The number of sulfone groups is 1. The van der Waals surface area contributed by atoms with E-state index in [1.807, 2.05) is 0 Å². The normalized spacial score (nSPS) is 21.5. The van der Waals surface area contributed by atoms with Crippen LogP contribution in [0.4, 0.5) is 11.4 Å². The quantitative estimate of drug-likeness (QED) is 0.742. The predicted octanol–water partition coefficient (Wildman–Crippen LogP) is 3.91. The van der Waals surface area contributed by atoms with Crippen molar-refractivity contribution in [3.63, 3.8) is 0 Å². The number of anilines is 2. The number of nitrogens with one attached hydrogen (secondary N) is 1. The smallest absolute Gasteiger partial charge is 0.175 e. The maximum absolute atomic E-state index is 11.6. The summed E-state index contributed by atoms with van der Waals surface area (Å²) in [5.74, 6) is 0.883. The summed E-state index contributed by atoms with van der Waals surface area (Å²) < 4.78 is 23.3. The highest BCUT2D eigenvalue weighted by Crippen LogP contribution is 2.27. The van der Waals surface area contributed by atoms with Crippen molar-refractivity contribution >= 4 is 21.2 Å². The first kappa shape index (κ1) is 20.5. The van der Waals surface area contributed by atoms with Crippen molar-refractivity contribution in [3.05, 3.63) is 18.2 Å². The minimum Gasteiger partial charge on any atom is -0.397 e. The molecule has 0 aromatic heterocycles. The Hall–Kier alpha value is -1.27. The molecule has 6 heteroatoms. The van der Waals surface area contributed by atoms with Crippen molar-refractivity contribution < 1.29 is 8.42 Å². The Morgan fingerprint density at radius 1 is 1.04 bits per heavy atom. The van der Waals surface area contributed by atoms with Crippen LogP contribution in [0, 0.1) is 5.92 Å². The number of hydrogen-bond donors (Lipinski definition) is 2. The van der Waals surface area contributed by atoms with Crippen molar-refractivity contribution in [1.29, 1.82) is 0 Å². The van der Waals surface area contributed by atoms with E-state index in [0.717, 1.165) is 37.5 Å². The highest BCUT2D eigenvalue weighted by molar-refractivity contribution is 7.90.